The number of likely N-dealkylation sites (N-methyl/N-ethyl adjacent to an activating group) is 1. The standard InChI is InChI=1S/C15H22N2O4/c1-15(2,21)10-17(3)14(20)16-9-8-11-6-4-5-7-12(11)13(18)19/h4-7,21H,8-10H2,1-3H3,(H,16,20)(H,18,19). The number of hydrogen-bond acceptors (Lipinski definition) is 3. The van der Waals surface area contributed by atoms with E-state index in [1.165, 1.54) is 4.90 Å². The van der Waals surface area contributed by atoms with Gasteiger partial charge >= 0.3 is 12.0 Å². The van der Waals surface area contributed by atoms with Gasteiger partial charge in [0, 0.05) is 13.6 Å². The molecule has 0 aliphatic rings. The van der Waals surface area contributed by atoms with Crippen LogP contribution in [0.2, 0.25) is 0 Å². The SMILES string of the molecule is CN(CC(C)(C)O)C(=O)NCCc1ccccc1C(=O)O. The van der Waals surface area contributed by atoms with Crippen molar-refractivity contribution in [2.75, 3.05) is 20.1 Å². The largest absolute Gasteiger partial charge is 0.478 e. The number of rotatable bonds is 6. The van der Waals surface area contributed by atoms with Gasteiger partial charge in [-0.05, 0) is 31.9 Å². The zero-order valence-corrected chi connectivity index (χ0v) is 12.6. The lowest BCUT2D eigenvalue weighted by molar-refractivity contribution is 0.0532. The molecular weight excluding hydrogens is 272 g/mol. The van der Waals surface area contributed by atoms with Gasteiger partial charge < -0.3 is 20.4 Å². The van der Waals surface area contributed by atoms with Gasteiger partial charge in [-0.25, -0.2) is 9.59 Å². The van der Waals surface area contributed by atoms with E-state index >= 15 is 0 Å². The minimum absolute atomic E-state index is 0.213. The Balaban J connectivity index is 2.51. The molecule has 0 saturated carbocycles. The summed E-state index contributed by atoms with van der Waals surface area (Å²) in [5, 5.41) is 21.4. The van der Waals surface area contributed by atoms with Gasteiger partial charge in [0.2, 0.25) is 0 Å². The van der Waals surface area contributed by atoms with Gasteiger partial charge in [0.1, 0.15) is 0 Å². The number of carbonyl (C=O) groups excluding carboxylic acids is 1. The van der Waals surface area contributed by atoms with E-state index in [-0.39, 0.29) is 18.1 Å². The molecule has 0 fully saturated rings. The molecule has 6 nitrogen and oxygen atoms in total. The van der Waals surface area contributed by atoms with Crippen LogP contribution in [0, 0.1) is 0 Å². The second kappa shape index (κ2) is 7.08. The molecule has 0 spiro atoms. The highest BCUT2D eigenvalue weighted by Crippen LogP contribution is 2.09. The molecule has 0 unspecified atom stereocenters. The number of nitrogens with one attached hydrogen (secondary N) is 1. The van der Waals surface area contributed by atoms with Gasteiger partial charge in [0.05, 0.1) is 17.7 Å². The fraction of sp³-hybridized carbons (Fsp3) is 0.467. The Morgan fingerprint density at radius 2 is 1.90 bits per heavy atom. The molecule has 0 radical (unpaired) electrons. The van der Waals surface area contributed by atoms with Gasteiger partial charge in [0.15, 0.2) is 0 Å². The van der Waals surface area contributed by atoms with Crippen molar-refractivity contribution < 1.29 is 19.8 Å². The average Bonchev–Trinajstić information content (AvgIpc) is 2.36. The van der Waals surface area contributed by atoms with Crippen molar-refractivity contribution in [3.05, 3.63) is 35.4 Å². The second-order valence-corrected chi connectivity index (χ2v) is 5.61. The first kappa shape index (κ1) is 17.0. The zero-order chi connectivity index (χ0) is 16.0. The highest BCUT2D eigenvalue weighted by molar-refractivity contribution is 5.89. The minimum atomic E-state index is -0.976. The molecule has 0 aromatic heterocycles. The average molecular weight is 294 g/mol. The fourth-order valence-corrected chi connectivity index (χ4v) is 2.04. The first-order valence-electron chi connectivity index (χ1n) is 6.73. The predicted molar refractivity (Wildman–Crippen MR) is 79.4 cm³/mol. The maximum absolute atomic E-state index is 11.8. The van der Waals surface area contributed by atoms with Gasteiger partial charge in [-0.2, -0.15) is 0 Å². The van der Waals surface area contributed by atoms with E-state index in [0.717, 1.165) is 0 Å². The third kappa shape index (κ3) is 5.83. The molecule has 3 N–H and O–H groups in total. The molecule has 0 heterocycles. The molecule has 1 rings (SSSR count). The Labute approximate surface area is 124 Å². The van der Waals surface area contributed by atoms with Crippen molar-refractivity contribution in [3.8, 4) is 0 Å². The molecule has 6 heteroatoms. The number of amides is 2. The molecule has 0 aliphatic carbocycles. The summed E-state index contributed by atoms with van der Waals surface area (Å²) in [5.41, 5.74) is -0.0332. The zero-order valence-electron chi connectivity index (χ0n) is 12.6. The van der Waals surface area contributed by atoms with Crippen molar-refractivity contribution in [1.29, 1.82) is 0 Å². The summed E-state index contributed by atoms with van der Waals surface area (Å²) in [7, 11) is 1.60. The van der Waals surface area contributed by atoms with E-state index in [9.17, 15) is 14.7 Å². The van der Waals surface area contributed by atoms with Crippen LogP contribution in [0.15, 0.2) is 24.3 Å². The number of carboxylic acid groups (broad SMARTS) is 1. The monoisotopic (exact) mass is 294 g/mol. The van der Waals surface area contributed by atoms with Crippen LogP contribution in [0.4, 0.5) is 4.79 Å². The molecule has 21 heavy (non-hydrogen) atoms. The summed E-state index contributed by atoms with van der Waals surface area (Å²) in [6.07, 6.45) is 0.435. The number of hydrogen-bond donors (Lipinski definition) is 3. The minimum Gasteiger partial charge on any atom is -0.478 e. The number of carboxylic acids is 1. The van der Waals surface area contributed by atoms with Crippen molar-refractivity contribution >= 4 is 12.0 Å². The van der Waals surface area contributed by atoms with E-state index in [0.29, 0.717) is 18.5 Å². The molecule has 0 atom stereocenters. The van der Waals surface area contributed by atoms with Crippen LogP contribution in [-0.4, -0.2) is 52.9 Å². The van der Waals surface area contributed by atoms with Crippen molar-refractivity contribution in [1.82, 2.24) is 10.2 Å². The summed E-state index contributed by atoms with van der Waals surface area (Å²) in [6, 6.07) is 6.41. The molecular formula is C15H22N2O4. The molecule has 2 amide bonds. The van der Waals surface area contributed by atoms with Crippen LogP contribution < -0.4 is 5.32 Å². The van der Waals surface area contributed by atoms with Crippen molar-refractivity contribution in [2.45, 2.75) is 25.9 Å². The second-order valence-electron chi connectivity index (χ2n) is 5.61. The Morgan fingerprint density at radius 1 is 1.29 bits per heavy atom. The van der Waals surface area contributed by atoms with E-state index in [1.54, 1.807) is 45.2 Å². The lowest BCUT2D eigenvalue weighted by Crippen LogP contribution is -2.45. The lowest BCUT2D eigenvalue weighted by Gasteiger charge is -2.25. The van der Waals surface area contributed by atoms with Crippen LogP contribution in [0.3, 0.4) is 0 Å². The predicted octanol–water partition coefficient (Wildman–Crippen LogP) is 1.34. The molecule has 1 aromatic carbocycles. The van der Waals surface area contributed by atoms with Gasteiger partial charge in [-0.1, -0.05) is 18.2 Å². The highest BCUT2D eigenvalue weighted by Gasteiger charge is 2.19. The summed E-state index contributed by atoms with van der Waals surface area (Å²) in [4.78, 5) is 24.3. The summed E-state index contributed by atoms with van der Waals surface area (Å²) in [5.74, 6) is -0.976. The topological polar surface area (TPSA) is 89.9 Å². The van der Waals surface area contributed by atoms with E-state index in [2.05, 4.69) is 5.32 Å². The number of urea groups is 1. The molecule has 116 valence electrons. The van der Waals surface area contributed by atoms with Crippen LogP contribution in [0.1, 0.15) is 29.8 Å². The molecule has 1 aromatic rings. The highest BCUT2D eigenvalue weighted by atomic mass is 16.4. The number of benzene rings is 1. The van der Waals surface area contributed by atoms with E-state index in [4.69, 9.17) is 5.11 Å². The number of nitrogens with zero attached hydrogens (tertiary/aromatic N) is 1. The van der Waals surface area contributed by atoms with Crippen LogP contribution in [0.25, 0.3) is 0 Å². The maximum atomic E-state index is 11.8. The number of aromatic carboxylic acids is 1. The third-order valence-corrected chi connectivity index (χ3v) is 2.89. The summed E-state index contributed by atoms with van der Waals surface area (Å²) >= 11 is 0. The first-order valence-corrected chi connectivity index (χ1v) is 6.73. The quantitative estimate of drug-likeness (QED) is 0.738. The first-order chi connectivity index (χ1) is 9.70. The van der Waals surface area contributed by atoms with Gasteiger partial charge in [-0.15, -0.1) is 0 Å². The summed E-state index contributed by atoms with van der Waals surface area (Å²) < 4.78 is 0. The Bertz CT molecular complexity index is 509. The van der Waals surface area contributed by atoms with E-state index < -0.39 is 11.6 Å². The lowest BCUT2D eigenvalue weighted by atomic mass is 10.0. The van der Waals surface area contributed by atoms with E-state index in [1.807, 2.05) is 0 Å². The van der Waals surface area contributed by atoms with Crippen LogP contribution in [-0.2, 0) is 6.42 Å². The Hall–Kier alpha value is -2.08. The Kier molecular flexibility index (Phi) is 5.72. The molecule has 0 saturated heterocycles. The van der Waals surface area contributed by atoms with Crippen molar-refractivity contribution in [3.63, 3.8) is 0 Å². The number of aliphatic hydroxyl groups is 1. The third-order valence-electron chi connectivity index (χ3n) is 2.89. The number of carbonyl (C=O) groups is 2. The van der Waals surface area contributed by atoms with Crippen LogP contribution >= 0.6 is 0 Å². The van der Waals surface area contributed by atoms with Crippen molar-refractivity contribution in [2.24, 2.45) is 0 Å². The Morgan fingerprint density at radius 3 is 2.48 bits per heavy atom. The normalized spacial score (nSPS) is 11.0. The fourth-order valence-electron chi connectivity index (χ4n) is 2.04. The van der Waals surface area contributed by atoms with Gasteiger partial charge in [-0.3, -0.25) is 0 Å². The van der Waals surface area contributed by atoms with Crippen LogP contribution in [0.5, 0.6) is 0 Å². The molecule has 0 aliphatic heterocycles. The van der Waals surface area contributed by atoms with Gasteiger partial charge in [0.25, 0.3) is 0 Å². The molecule has 0 bridgehead atoms. The smallest absolute Gasteiger partial charge is 0.335 e. The summed E-state index contributed by atoms with van der Waals surface area (Å²) in [6.45, 7) is 3.80. The maximum Gasteiger partial charge on any atom is 0.335 e.